The molecule has 0 fully saturated rings. The van der Waals surface area contributed by atoms with Crippen molar-refractivity contribution < 1.29 is 0 Å². The summed E-state index contributed by atoms with van der Waals surface area (Å²) in [5, 5.41) is 0.113. The Labute approximate surface area is 110 Å². The number of allylic oxidation sites excluding steroid dienone is 1. The lowest BCUT2D eigenvalue weighted by Gasteiger charge is -1.94. The van der Waals surface area contributed by atoms with Crippen LogP contribution in [0.2, 0.25) is 9.36 Å². The van der Waals surface area contributed by atoms with Gasteiger partial charge in [0.2, 0.25) is 0 Å². The van der Waals surface area contributed by atoms with Crippen LogP contribution in [-0.4, -0.2) is 3.96 Å². The van der Waals surface area contributed by atoms with Crippen molar-refractivity contribution in [2.75, 3.05) is 0 Å². The van der Waals surface area contributed by atoms with Crippen LogP contribution in [0.25, 0.3) is 6.20 Å². The van der Waals surface area contributed by atoms with E-state index in [9.17, 15) is 4.79 Å². The summed E-state index contributed by atoms with van der Waals surface area (Å²) in [5.74, 6) is 0. The largest absolute Gasteiger partial charge is 0.285 e. The van der Waals surface area contributed by atoms with Gasteiger partial charge in [0.1, 0.15) is 9.36 Å². The van der Waals surface area contributed by atoms with Crippen molar-refractivity contribution in [2.45, 2.75) is 39.0 Å². The fourth-order valence-corrected chi connectivity index (χ4v) is 2.52. The average molecular weight is 280 g/mol. The molecule has 0 saturated heterocycles. The Kier molecular flexibility index (Phi) is 6.17. The molecule has 16 heavy (non-hydrogen) atoms. The van der Waals surface area contributed by atoms with E-state index in [4.69, 9.17) is 23.2 Å². The predicted octanol–water partition coefficient (Wildman–Crippen LogP) is 4.66. The van der Waals surface area contributed by atoms with Crippen LogP contribution >= 0.6 is 34.7 Å². The molecule has 0 radical (unpaired) electrons. The Morgan fingerprint density at radius 1 is 1.31 bits per heavy atom. The lowest BCUT2D eigenvalue weighted by atomic mass is 10.1. The maximum absolute atomic E-state index is 11.5. The van der Waals surface area contributed by atoms with E-state index >= 15 is 0 Å². The second-order valence-corrected chi connectivity index (χ2v) is 5.51. The SMILES string of the molecule is CCCCCCC=Cn1sc(Cl)c(Cl)c1=O. The maximum atomic E-state index is 11.5. The molecule has 1 aromatic heterocycles. The van der Waals surface area contributed by atoms with Crippen molar-refractivity contribution in [1.29, 1.82) is 0 Å². The molecular weight excluding hydrogens is 265 g/mol. The van der Waals surface area contributed by atoms with Crippen molar-refractivity contribution in [2.24, 2.45) is 0 Å². The van der Waals surface area contributed by atoms with Crippen molar-refractivity contribution in [3.05, 3.63) is 25.8 Å². The standard InChI is InChI=1S/C11H15Cl2NOS/c1-2-3-4-5-6-7-8-14-11(15)9(12)10(13)16-14/h7-8H,2-6H2,1H3. The van der Waals surface area contributed by atoms with Gasteiger partial charge >= 0.3 is 0 Å². The van der Waals surface area contributed by atoms with Gasteiger partial charge in [0, 0.05) is 6.20 Å². The monoisotopic (exact) mass is 279 g/mol. The van der Waals surface area contributed by atoms with E-state index in [-0.39, 0.29) is 10.6 Å². The van der Waals surface area contributed by atoms with E-state index in [1.165, 1.54) is 23.2 Å². The van der Waals surface area contributed by atoms with Crippen LogP contribution in [0.15, 0.2) is 10.9 Å². The molecule has 0 unspecified atom stereocenters. The molecule has 1 aromatic rings. The first kappa shape index (κ1) is 13.8. The zero-order valence-electron chi connectivity index (χ0n) is 9.21. The van der Waals surface area contributed by atoms with Crippen LogP contribution in [0.4, 0.5) is 0 Å². The van der Waals surface area contributed by atoms with Crippen molar-refractivity contribution in [3.63, 3.8) is 0 Å². The summed E-state index contributed by atoms with van der Waals surface area (Å²) < 4.78 is 1.81. The van der Waals surface area contributed by atoms with E-state index in [2.05, 4.69) is 6.92 Å². The molecule has 0 atom stereocenters. The van der Waals surface area contributed by atoms with Gasteiger partial charge in [-0.3, -0.25) is 4.79 Å². The van der Waals surface area contributed by atoms with Crippen molar-refractivity contribution in [1.82, 2.24) is 3.96 Å². The van der Waals surface area contributed by atoms with Crippen molar-refractivity contribution in [3.8, 4) is 0 Å². The Hall–Kier alpha value is -0.250. The molecule has 1 heterocycles. The molecule has 90 valence electrons. The van der Waals surface area contributed by atoms with Gasteiger partial charge in [0.05, 0.1) is 0 Å². The summed E-state index contributed by atoms with van der Waals surface area (Å²) in [7, 11) is 0. The van der Waals surface area contributed by atoms with Gasteiger partial charge in [-0.2, -0.15) is 0 Å². The number of aromatic nitrogens is 1. The predicted molar refractivity (Wildman–Crippen MR) is 72.7 cm³/mol. The lowest BCUT2D eigenvalue weighted by molar-refractivity contribution is 0.675. The van der Waals surface area contributed by atoms with Crippen molar-refractivity contribution >= 4 is 40.9 Å². The third-order valence-corrected chi connectivity index (χ3v) is 4.01. The molecule has 0 aliphatic heterocycles. The quantitative estimate of drug-likeness (QED) is 0.695. The topological polar surface area (TPSA) is 22.0 Å². The Bertz CT molecular complexity index is 409. The zero-order valence-corrected chi connectivity index (χ0v) is 11.5. The van der Waals surface area contributed by atoms with Crippen LogP contribution in [0.1, 0.15) is 39.0 Å². The molecule has 0 N–H and O–H groups in total. The highest BCUT2D eigenvalue weighted by molar-refractivity contribution is 7.12. The number of hydrogen-bond acceptors (Lipinski definition) is 2. The third kappa shape index (κ3) is 3.96. The van der Waals surface area contributed by atoms with Crippen LogP contribution in [0, 0.1) is 0 Å². The molecule has 0 aliphatic carbocycles. The minimum atomic E-state index is -0.235. The molecule has 0 spiro atoms. The summed E-state index contributed by atoms with van der Waals surface area (Å²) in [5.41, 5.74) is -0.235. The lowest BCUT2D eigenvalue weighted by Crippen LogP contribution is -2.07. The van der Waals surface area contributed by atoms with Gasteiger partial charge in [-0.1, -0.05) is 55.5 Å². The van der Waals surface area contributed by atoms with Gasteiger partial charge < -0.3 is 0 Å². The minimum absolute atomic E-state index is 0.113. The molecule has 0 saturated carbocycles. The summed E-state index contributed by atoms with van der Waals surface area (Å²) >= 11 is 12.6. The van der Waals surface area contributed by atoms with Gasteiger partial charge in [-0.15, -0.1) is 0 Å². The molecule has 5 heteroatoms. The summed E-state index contributed by atoms with van der Waals surface area (Å²) in [6, 6.07) is 0. The molecule has 0 amide bonds. The van der Waals surface area contributed by atoms with Gasteiger partial charge in [-0.25, -0.2) is 3.96 Å². The number of unbranched alkanes of at least 4 members (excludes halogenated alkanes) is 4. The molecule has 1 rings (SSSR count). The highest BCUT2D eigenvalue weighted by Gasteiger charge is 2.08. The fourth-order valence-electron chi connectivity index (χ4n) is 1.31. The first-order chi connectivity index (χ1) is 7.66. The van der Waals surface area contributed by atoms with Gasteiger partial charge in [0.25, 0.3) is 5.56 Å². The van der Waals surface area contributed by atoms with Crippen LogP contribution in [0.5, 0.6) is 0 Å². The molecular formula is C11H15Cl2NOS. The van der Waals surface area contributed by atoms with E-state index in [0.29, 0.717) is 4.34 Å². The number of hydrogen-bond donors (Lipinski definition) is 0. The van der Waals surface area contributed by atoms with Gasteiger partial charge in [-0.05, 0) is 24.4 Å². The minimum Gasteiger partial charge on any atom is -0.266 e. The second kappa shape index (κ2) is 7.15. The smallest absolute Gasteiger partial charge is 0.266 e. The second-order valence-electron chi connectivity index (χ2n) is 3.54. The summed E-state index contributed by atoms with van der Waals surface area (Å²) in [6.07, 6.45) is 9.62. The summed E-state index contributed by atoms with van der Waals surface area (Å²) in [6.45, 7) is 2.19. The Morgan fingerprint density at radius 2 is 2.06 bits per heavy atom. The first-order valence-electron chi connectivity index (χ1n) is 5.40. The molecule has 2 nitrogen and oxygen atoms in total. The molecule has 0 aromatic carbocycles. The van der Waals surface area contributed by atoms with E-state index in [0.717, 1.165) is 24.4 Å². The highest BCUT2D eigenvalue weighted by atomic mass is 35.5. The average Bonchev–Trinajstić information content (AvgIpc) is 2.51. The fraction of sp³-hybridized carbons (Fsp3) is 0.545. The van der Waals surface area contributed by atoms with E-state index < -0.39 is 0 Å². The number of halogens is 2. The highest BCUT2D eigenvalue weighted by Crippen LogP contribution is 2.23. The number of nitrogens with zero attached hydrogens (tertiary/aromatic N) is 1. The number of rotatable bonds is 6. The normalized spacial score (nSPS) is 11.4. The van der Waals surface area contributed by atoms with Crippen LogP contribution in [-0.2, 0) is 0 Å². The first-order valence-corrected chi connectivity index (χ1v) is 6.93. The summed E-state index contributed by atoms with van der Waals surface area (Å²) in [4.78, 5) is 11.5. The zero-order chi connectivity index (χ0) is 12.0. The van der Waals surface area contributed by atoms with E-state index in [1.54, 1.807) is 6.20 Å². The molecule has 0 bridgehead atoms. The van der Waals surface area contributed by atoms with Crippen LogP contribution < -0.4 is 5.56 Å². The van der Waals surface area contributed by atoms with E-state index in [1.807, 2.05) is 6.08 Å². The Morgan fingerprint density at radius 3 is 2.62 bits per heavy atom. The molecule has 0 aliphatic rings. The van der Waals surface area contributed by atoms with Gasteiger partial charge in [0.15, 0.2) is 0 Å². The third-order valence-electron chi connectivity index (χ3n) is 2.20. The maximum Gasteiger partial charge on any atom is 0.285 e. The van der Waals surface area contributed by atoms with Crippen LogP contribution in [0.3, 0.4) is 0 Å². The Balaban J connectivity index is 2.44.